The van der Waals surface area contributed by atoms with E-state index in [1.807, 2.05) is 13.0 Å². The Bertz CT molecular complexity index is 491. The molecule has 0 aliphatic heterocycles. The van der Waals surface area contributed by atoms with E-state index in [4.69, 9.17) is 5.26 Å². The molecule has 6 heteroatoms. The molecule has 17 heavy (non-hydrogen) atoms. The average molecular weight is 232 g/mol. The predicted octanol–water partition coefficient (Wildman–Crippen LogP) is 2.07. The first-order valence-electron chi connectivity index (χ1n) is 5.43. The highest BCUT2D eigenvalue weighted by Crippen LogP contribution is 2.34. The average Bonchev–Trinajstić information content (AvgIpc) is 3.13. The Balaban J connectivity index is 2.21. The van der Waals surface area contributed by atoms with Crippen LogP contribution in [0.5, 0.6) is 0 Å². The molecule has 1 aromatic heterocycles. The van der Waals surface area contributed by atoms with E-state index in [2.05, 4.69) is 10.3 Å². The number of hydrogen-bond donors (Lipinski definition) is 1. The summed E-state index contributed by atoms with van der Waals surface area (Å²) in [4.78, 5) is 13.9. The fourth-order valence-electron chi connectivity index (χ4n) is 1.68. The van der Waals surface area contributed by atoms with Crippen molar-refractivity contribution >= 4 is 11.5 Å². The maximum absolute atomic E-state index is 10.6. The largest absolute Gasteiger partial charge is 0.366 e. The zero-order valence-electron chi connectivity index (χ0n) is 9.38. The van der Waals surface area contributed by atoms with Crippen molar-refractivity contribution in [1.29, 1.82) is 5.26 Å². The molecule has 1 atom stereocenters. The van der Waals surface area contributed by atoms with E-state index < -0.39 is 4.92 Å². The van der Waals surface area contributed by atoms with Crippen LogP contribution in [0.4, 0.5) is 11.5 Å². The minimum absolute atomic E-state index is 0.161. The van der Waals surface area contributed by atoms with Crippen LogP contribution in [0.2, 0.25) is 0 Å². The molecule has 1 fully saturated rings. The second-order valence-electron chi connectivity index (χ2n) is 4.23. The Morgan fingerprint density at radius 3 is 2.94 bits per heavy atom. The number of nitrogens with zero attached hydrogens (tertiary/aromatic N) is 3. The van der Waals surface area contributed by atoms with Crippen molar-refractivity contribution in [3.8, 4) is 6.07 Å². The molecule has 0 aromatic carbocycles. The molecule has 0 saturated heterocycles. The summed E-state index contributed by atoms with van der Waals surface area (Å²) in [5.74, 6) is 1.05. The second kappa shape index (κ2) is 4.37. The van der Waals surface area contributed by atoms with Gasteiger partial charge in [0.15, 0.2) is 0 Å². The lowest BCUT2D eigenvalue weighted by atomic mass is 10.2. The molecule has 1 aliphatic carbocycles. The van der Waals surface area contributed by atoms with Crippen molar-refractivity contribution in [2.75, 3.05) is 5.32 Å². The standard InChI is InChI=1S/C11H12N4O2/c1-7(8-2-3-8)14-11-9(5-12)4-10(6-13-11)15(16)17/h4,6-8H,2-3H2,1H3,(H,13,14). The van der Waals surface area contributed by atoms with Gasteiger partial charge in [-0.1, -0.05) is 0 Å². The molecular weight excluding hydrogens is 220 g/mol. The molecular formula is C11H12N4O2. The molecule has 1 heterocycles. The lowest BCUT2D eigenvalue weighted by Gasteiger charge is -2.13. The molecule has 1 aromatic rings. The molecule has 1 unspecified atom stereocenters. The summed E-state index contributed by atoms with van der Waals surface area (Å²) < 4.78 is 0. The van der Waals surface area contributed by atoms with Crippen molar-refractivity contribution in [2.45, 2.75) is 25.8 Å². The maximum Gasteiger partial charge on any atom is 0.289 e. The molecule has 88 valence electrons. The first kappa shape index (κ1) is 11.3. The number of pyridine rings is 1. The van der Waals surface area contributed by atoms with Crippen LogP contribution in [0.25, 0.3) is 0 Å². The normalized spacial score (nSPS) is 16.0. The van der Waals surface area contributed by atoms with Gasteiger partial charge in [0.05, 0.1) is 4.92 Å². The van der Waals surface area contributed by atoms with E-state index in [-0.39, 0.29) is 17.3 Å². The van der Waals surface area contributed by atoms with Gasteiger partial charge in [-0.25, -0.2) is 4.98 Å². The van der Waals surface area contributed by atoms with Crippen LogP contribution in [0.3, 0.4) is 0 Å². The van der Waals surface area contributed by atoms with Gasteiger partial charge in [0.2, 0.25) is 0 Å². The highest BCUT2D eigenvalue weighted by atomic mass is 16.6. The molecule has 1 saturated carbocycles. The van der Waals surface area contributed by atoms with Gasteiger partial charge in [-0.05, 0) is 25.7 Å². The smallest absolute Gasteiger partial charge is 0.289 e. The third-order valence-corrected chi connectivity index (χ3v) is 2.90. The van der Waals surface area contributed by atoms with Gasteiger partial charge in [0.1, 0.15) is 23.6 Å². The zero-order valence-corrected chi connectivity index (χ0v) is 9.38. The minimum atomic E-state index is -0.554. The second-order valence-corrected chi connectivity index (χ2v) is 4.23. The van der Waals surface area contributed by atoms with Crippen LogP contribution >= 0.6 is 0 Å². The zero-order chi connectivity index (χ0) is 12.4. The van der Waals surface area contributed by atoms with Gasteiger partial charge in [-0.15, -0.1) is 0 Å². The van der Waals surface area contributed by atoms with E-state index in [1.54, 1.807) is 0 Å². The highest BCUT2D eigenvalue weighted by molar-refractivity contribution is 5.56. The molecule has 6 nitrogen and oxygen atoms in total. The summed E-state index contributed by atoms with van der Waals surface area (Å²) in [7, 11) is 0. The Hall–Kier alpha value is -2.16. The van der Waals surface area contributed by atoms with E-state index in [0.29, 0.717) is 11.7 Å². The maximum atomic E-state index is 10.6. The molecule has 0 spiro atoms. The Morgan fingerprint density at radius 1 is 1.71 bits per heavy atom. The van der Waals surface area contributed by atoms with E-state index in [0.717, 1.165) is 0 Å². The van der Waals surface area contributed by atoms with Crippen LogP contribution < -0.4 is 5.32 Å². The molecule has 0 bridgehead atoms. The van der Waals surface area contributed by atoms with Crippen LogP contribution in [-0.4, -0.2) is 15.9 Å². The van der Waals surface area contributed by atoms with Gasteiger partial charge in [0, 0.05) is 12.1 Å². The summed E-state index contributed by atoms with van der Waals surface area (Å²) in [6.45, 7) is 2.03. The Morgan fingerprint density at radius 2 is 2.41 bits per heavy atom. The van der Waals surface area contributed by atoms with Crippen molar-refractivity contribution < 1.29 is 4.92 Å². The fraction of sp³-hybridized carbons (Fsp3) is 0.455. The number of rotatable bonds is 4. The summed E-state index contributed by atoms with van der Waals surface area (Å²) in [6, 6.07) is 3.42. The Kier molecular flexibility index (Phi) is 2.91. The monoisotopic (exact) mass is 232 g/mol. The summed E-state index contributed by atoms with van der Waals surface area (Å²) >= 11 is 0. The van der Waals surface area contributed by atoms with Gasteiger partial charge in [-0.2, -0.15) is 5.26 Å². The number of nitriles is 1. The molecule has 0 radical (unpaired) electrons. The highest BCUT2D eigenvalue weighted by Gasteiger charge is 2.28. The third kappa shape index (κ3) is 2.50. The van der Waals surface area contributed by atoms with Gasteiger partial charge in [-0.3, -0.25) is 10.1 Å². The lowest BCUT2D eigenvalue weighted by Crippen LogP contribution is -2.19. The van der Waals surface area contributed by atoms with Crippen LogP contribution in [0.15, 0.2) is 12.3 Å². The number of nitro groups is 1. The van der Waals surface area contributed by atoms with Crippen molar-refractivity contribution in [3.63, 3.8) is 0 Å². The summed E-state index contributed by atoms with van der Waals surface area (Å²) in [5.41, 5.74) is 0.0536. The molecule has 1 N–H and O–H groups in total. The van der Waals surface area contributed by atoms with Crippen molar-refractivity contribution in [3.05, 3.63) is 27.9 Å². The fourth-order valence-corrected chi connectivity index (χ4v) is 1.68. The number of anilines is 1. The quantitative estimate of drug-likeness (QED) is 0.633. The van der Waals surface area contributed by atoms with Gasteiger partial charge < -0.3 is 5.32 Å². The van der Waals surface area contributed by atoms with Gasteiger partial charge in [0.25, 0.3) is 5.69 Å². The Labute approximate surface area is 98.4 Å². The third-order valence-electron chi connectivity index (χ3n) is 2.90. The topological polar surface area (TPSA) is 91.8 Å². The number of aromatic nitrogens is 1. The predicted molar refractivity (Wildman–Crippen MR) is 61.4 cm³/mol. The van der Waals surface area contributed by atoms with E-state index >= 15 is 0 Å². The van der Waals surface area contributed by atoms with Crippen molar-refractivity contribution in [2.24, 2.45) is 5.92 Å². The minimum Gasteiger partial charge on any atom is -0.366 e. The van der Waals surface area contributed by atoms with Crippen LogP contribution in [-0.2, 0) is 0 Å². The SMILES string of the molecule is CC(Nc1ncc([N+](=O)[O-])cc1C#N)C1CC1. The van der Waals surface area contributed by atoms with Crippen LogP contribution in [0, 0.1) is 27.4 Å². The van der Waals surface area contributed by atoms with Crippen molar-refractivity contribution in [1.82, 2.24) is 4.98 Å². The lowest BCUT2D eigenvalue weighted by molar-refractivity contribution is -0.385. The van der Waals surface area contributed by atoms with Crippen LogP contribution in [0.1, 0.15) is 25.3 Å². The number of nitrogens with one attached hydrogen (secondary N) is 1. The summed E-state index contributed by atoms with van der Waals surface area (Å²) in [6.07, 6.45) is 3.54. The van der Waals surface area contributed by atoms with E-state index in [9.17, 15) is 10.1 Å². The first-order chi connectivity index (χ1) is 8.11. The molecule has 1 aliphatic rings. The molecule has 2 rings (SSSR count). The summed E-state index contributed by atoms with van der Waals surface area (Å²) in [5, 5.41) is 22.6. The molecule has 0 amide bonds. The van der Waals surface area contributed by atoms with E-state index in [1.165, 1.54) is 25.1 Å². The first-order valence-corrected chi connectivity index (χ1v) is 5.43. The van der Waals surface area contributed by atoms with Gasteiger partial charge >= 0.3 is 0 Å². The number of hydrogen-bond acceptors (Lipinski definition) is 5.